The van der Waals surface area contributed by atoms with Crippen molar-refractivity contribution in [3.63, 3.8) is 0 Å². The average molecular weight is 369 g/mol. The number of nitrogens with zero attached hydrogens (tertiary/aromatic N) is 2. The summed E-state index contributed by atoms with van der Waals surface area (Å²) in [5.74, 6) is -0.290. The first-order chi connectivity index (χ1) is 12.4. The van der Waals surface area contributed by atoms with Crippen LogP contribution in [-0.2, 0) is 9.59 Å². The van der Waals surface area contributed by atoms with Crippen LogP contribution in [0.5, 0.6) is 5.75 Å². The fourth-order valence-corrected chi connectivity index (χ4v) is 2.91. The van der Waals surface area contributed by atoms with Gasteiger partial charge >= 0.3 is 0 Å². The summed E-state index contributed by atoms with van der Waals surface area (Å²) in [6.07, 6.45) is 5.38. The molecule has 0 aliphatic carbocycles. The molecule has 134 valence electrons. The maximum Gasteiger partial charge on any atom is 0.270 e. The Balaban J connectivity index is 1.95. The molecule has 0 bridgehead atoms. The molecule has 3 rings (SSSR count). The van der Waals surface area contributed by atoms with E-state index in [9.17, 15) is 9.59 Å². The molecule has 1 aliphatic rings. The van der Waals surface area contributed by atoms with Crippen molar-refractivity contribution in [3.05, 3.63) is 53.9 Å². The van der Waals surface area contributed by atoms with Gasteiger partial charge in [0, 0.05) is 18.4 Å². The van der Waals surface area contributed by atoms with Crippen molar-refractivity contribution in [2.45, 2.75) is 19.9 Å². The van der Waals surface area contributed by atoms with E-state index in [0.717, 1.165) is 5.56 Å². The molecule has 1 aromatic carbocycles. The summed E-state index contributed by atoms with van der Waals surface area (Å²) in [4.78, 5) is 26.5. The van der Waals surface area contributed by atoms with Crippen molar-refractivity contribution < 1.29 is 14.3 Å². The highest BCUT2D eigenvalue weighted by atomic mass is 32.1. The van der Waals surface area contributed by atoms with Crippen molar-refractivity contribution >= 4 is 40.9 Å². The third-order valence-electron chi connectivity index (χ3n) is 4.08. The van der Waals surface area contributed by atoms with E-state index >= 15 is 0 Å². The molecule has 2 heterocycles. The average Bonchev–Trinajstić information content (AvgIpc) is 3.08. The highest BCUT2D eigenvalue weighted by Gasteiger charge is 2.34. The summed E-state index contributed by atoms with van der Waals surface area (Å²) < 4.78 is 7.13. The first kappa shape index (κ1) is 17.9. The fraction of sp³-hybridized carbons (Fsp3) is 0.211. The van der Waals surface area contributed by atoms with E-state index in [2.05, 4.69) is 19.2 Å². The Bertz CT molecular complexity index is 897. The predicted octanol–water partition coefficient (Wildman–Crippen LogP) is 2.91. The summed E-state index contributed by atoms with van der Waals surface area (Å²) in [6.45, 7) is 4.11. The molecule has 1 aliphatic heterocycles. The van der Waals surface area contributed by atoms with E-state index in [0.29, 0.717) is 17.5 Å². The van der Waals surface area contributed by atoms with Crippen molar-refractivity contribution in [2.24, 2.45) is 0 Å². The number of anilines is 1. The first-order valence-electron chi connectivity index (χ1n) is 8.13. The summed E-state index contributed by atoms with van der Waals surface area (Å²) in [5, 5.41) is 2.64. The maximum absolute atomic E-state index is 12.9. The third-order valence-corrected chi connectivity index (χ3v) is 4.36. The number of thiocarbonyl (C=S) groups is 1. The molecule has 0 saturated carbocycles. The number of ether oxygens (including phenoxy) is 1. The van der Waals surface area contributed by atoms with Crippen molar-refractivity contribution in [1.29, 1.82) is 0 Å². The fourth-order valence-electron chi connectivity index (χ4n) is 2.63. The van der Waals surface area contributed by atoms with Crippen molar-refractivity contribution in [3.8, 4) is 5.75 Å². The van der Waals surface area contributed by atoms with Gasteiger partial charge in [0.2, 0.25) is 0 Å². The normalized spacial score (nSPS) is 16.4. The Morgan fingerprint density at radius 1 is 1.15 bits per heavy atom. The van der Waals surface area contributed by atoms with E-state index in [4.69, 9.17) is 17.0 Å². The van der Waals surface area contributed by atoms with Gasteiger partial charge in [-0.3, -0.25) is 19.8 Å². The van der Waals surface area contributed by atoms with Gasteiger partial charge in [-0.05, 0) is 68.0 Å². The second kappa shape index (κ2) is 7.13. The molecule has 2 aromatic rings. The Hall–Kier alpha value is -2.93. The lowest BCUT2D eigenvalue weighted by Gasteiger charge is -2.28. The van der Waals surface area contributed by atoms with Gasteiger partial charge in [-0.25, -0.2) is 0 Å². The number of carbonyl (C=O) groups is 2. The van der Waals surface area contributed by atoms with Gasteiger partial charge in [0.25, 0.3) is 11.8 Å². The molecule has 1 N–H and O–H groups in total. The van der Waals surface area contributed by atoms with E-state index in [1.807, 2.05) is 23.0 Å². The Kier molecular flexibility index (Phi) is 4.90. The number of methoxy groups -OCH3 is 1. The number of hydrogen-bond donors (Lipinski definition) is 1. The lowest BCUT2D eigenvalue weighted by Crippen LogP contribution is -2.54. The number of rotatable bonds is 4. The lowest BCUT2D eigenvalue weighted by atomic mass is 10.1. The zero-order chi connectivity index (χ0) is 18.8. The second-order valence-electron chi connectivity index (χ2n) is 6.14. The monoisotopic (exact) mass is 369 g/mol. The summed E-state index contributed by atoms with van der Waals surface area (Å²) in [5.41, 5.74) is 1.38. The largest absolute Gasteiger partial charge is 0.497 e. The predicted molar refractivity (Wildman–Crippen MR) is 104 cm³/mol. The third kappa shape index (κ3) is 3.39. The topological polar surface area (TPSA) is 63.6 Å². The van der Waals surface area contributed by atoms with Crippen LogP contribution < -0.4 is 15.0 Å². The SMILES string of the molecule is COc1ccc(N2C(=O)/C(=C\c3ccn(C(C)C)c3)C(=O)NC2=S)cc1. The van der Waals surface area contributed by atoms with Gasteiger partial charge in [0.05, 0.1) is 12.8 Å². The number of nitrogens with one attached hydrogen (secondary N) is 1. The number of hydrogen-bond acceptors (Lipinski definition) is 4. The molecular formula is C19H19N3O3S. The Labute approximate surface area is 157 Å². The molecule has 2 amide bonds. The molecule has 26 heavy (non-hydrogen) atoms. The van der Waals surface area contributed by atoms with Crippen LogP contribution in [0.15, 0.2) is 48.3 Å². The van der Waals surface area contributed by atoms with Gasteiger partial charge in [0.1, 0.15) is 11.3 Å². The van der Waals surface area contributed by atoms with E-state index in [-0.39, 0.29) is 10.7 Å². The summed E-state index contributed by atoms with van der Waals surface area (Å²) in [7, 11) is 1.57. The molecule has 1 aromatic heterocycles. The number of benzene rings is 1. The van der Waals surface area contributed by atoms with Crippen molar-refractivity contribution in [1.82, 2.24) is 9.88 Å². The highest BCUT2D eigenvalue weighted by molar-refractivity contribution is 7.80. The standard InChI is InChI=1S/C19H19N3O3S/c1-12(2)21-9-8-13(11-21)10-16-17(23)20-19(26)22(18(16)24)14-4-6-15(25-3)7-5-14/h4-12H,1-3H3,(H,20,23,26)/b16-10-. The van der Waals surface area contributed by atoms with E-state index < -0.39 is 11.8 Å². The second-order valence-corrected chi connectivity index (χ2v) is 6.53. The molecule has 1 fully saturated rings. The van der Waals surface area contributed by atoms with E-state index in [1.165, 1.54) is 4.90 Å². The van der Waals surface area contributed by atoms with E-state index in [1.54, 1.807) is 37.5 Å². The minimum atomic E-state index is -0.498. The zero-order valence-electron chi connectivity index (χ0n) is 14.7. The molecular weight excluding hydrogens is 350 g/mol. The van der Waals surface area contributed by atoms with Crippen LogP contribution in [0.2, 0.25) is 0 Å². The molecule has 1 saturated heterocycles. The van der Waals surface area contributed by atoms with Crippen LogP contribution in [0.25, 0.3) is 6.08 Å². The quantitative estimate of drug-likeness (QED) is 0.511. The molecule has 0 atom stereocenters. The van der Waals surface area contributed by atoms with Gasteiger partial charge in [-0.2, -0.15) is 0 Å². The van der Waals surface area contributed by atoms with Crippen LogP contribution in [-0.4, -0.2) is 28.6 Å². The van der Waals surface area contributed by atoms with Crippen LogP contribution >= 0.6 is 12.2 Å². The van der Waals surface area contributed by atoms with Gasteiger partial charge in [-0.1, -0.05) is 0 Å². The minimum absolute atomic E-state index is 0.0379. The molecule has 6 nitrogen and oxygen atoms in total. The first-order valence-corrected chi connectivity index (χ1v) is 8.54. The minimum Gasteiger partial charge on any atom is -0.497 e. The Morgan fingerprint density at radius 3 is 2.42 bits per heavy atom. The molecule has 0 unspecified atom stereocenters. The maximum atomic E-state index is 12.9. The molecule has 7 heteroatoms. The number of amides is 2. The smallest absolute Gasteiger partial charge is 0.270 e. The van der Waals surface area contributed by atoms with Crippen LogP contribution in [0.1, 0.15) is 25.5 Å². The van der Waals surface area contributed by atoms with Crippen LogP contribution in [0, 0.1) is 0 Å². The highest BCUT2D eigenvalue weighted by Crippen LogP contribution is 2.24. The summed E-state index contributed by atoms with van der Waals surface area (Å²) >= 11 is 5.19. The lowest BCUT2D eigenvalue weighted by molar-refractivity contribution is -0.122. The van der Waals surface area contributed by atoms with Crippen LogP contribution in [0.3, 0.4) is 0 Å². The number of carbonyl (C=O) groups excluding carboxylic acids is 2. The Morgan fingerprint density at radius 2 is 1.85 bits per heavy atom. The number of aromatic nitrogens is 1. The van der Waals surface area contributed by atoms with Crippen molar-refractivity contribution in [2.75, 3.05) is 12.0 Å². The van der Waals surface area contributed by atoms with Crippen LogP contribution in [0.4, 0.5) is 5.69 Å². The van der Waals surface area contributed by atoms with Gasteiger partial charge in [0.15, 0.2) is 5.11 Å². The molecule has 0 spiro atoms. The summed E-state index contributed by atoms with van der Waals surface area (Å²) in [6, 6.07) is 9.04. The van der Waals surface area contributed by atoms with Gasteiger partial charge < -0.3 is 9.30 Å². The molecule has 0 radical (unpaired) electrons. The zero-order valence-corrected chi connectivity index (χ0v) is 15.5. The van der Waals surface area contributed by atoms with Gasteiger partial charge in [-0.15, -0.1) is 0 Å².